The minimum Gasteiger partial charge on any atom is -0.508 e. The fourth-order valence-electron chi connectivity index (χ4n) is 7.09. The molecule has 0 radical (unpaired) electrons. The number of fused-ring (bicyclic) bond motifs is 2. The van der Waals surface area contributed by atoms with Crippen LogP contribution in [0.4, 0.5) is 14.6 Å². The van der Waals surface area contributed by atoms with Crippen LogP contribution in [0.25, 0.3) is 38.9 Å². The molecular weight excluding hydrogens is 652 g/mol. The van der Waals surface area contributed by atoms with E-state index in [1.807, 2.05) is 36.2 Å². The number of likely N-dealkylation sites (tertiary alicyclic amines) is 1. The number of amides is 1. The van der Waals surface area contributed by atoms with Gasteiger partial charge in [0, 0.05) is 48.4 Å². The summed E-state index contributed by atoms with van der Waals surface area (Å²) in [6.07, 6.45) is 3.05. The van der Waals surface area contributed by atoms with Gasteiger partial charge in [-0.15, -0.1) is 0 Å². The maximum Gasteiger partial charge on any atom is 0.319 e. The lowest BCUT2D eigenvalue weighted by Crippen LogP contribution is -2.55. The maximum absolute atomic E-state index is 16.8. The number of anilines is 1. The number of aromatic hydroxyl groups is 1. The third kappa shape index (κ3) is 6.90. The summed E-state index contributed by atoms with van der Waals surface area (Å²) in [7, 11) is 2.03. The first-order valence-corrected chi connectivity index (χ1v) is 17.0. The highest BCUT2D eigenvalue weighted by molar-refractivity contribution is 6.01. The predicted octanol–water partition coefficient (Wildman–Crippen LogP) is 6.41. The van der Waals surface area contributed by atoms with Gasteiger partial charge in [-0.25, -0.2) is 8.78 Å². The van der Waals surface area contributed by atoms with E-state index in [-0.39, 0.29) is 54.9 Å². The molecule has 12 heteroatoms. The van der Waals surface area contributed by atoms with Crippen LogP contribution >= 0.6 is 0 Å². The average Bonchev–Trinajstić information content (AvgIpc) is 3.54. The molecule has 5 aromatic rings. The van der Waals surface area contributed by atoms with Crippen molar-refractivity contribution < 1.29 is 23.4 Å². The second-order valence-electron chi connectivity index (χ2n) is 13.1. The summed E-state index contributed by atoms with van der Waals surface area (Å²) in [6.45, 7) is 3.53. The zero-order chi connectivity index (χ0) is 35.6. The lowest BCUT2D eigenvalue weighted by molar-refractivity contribution is -0.131. The van der Waals surface area contributed by atoms with Gasteiger partial charge in [-0.3, -0.25) is 9.78 Å². The van der Waals surface area contributed by atoms with Gasteiger partial charge in [0.25, 0.3) is 5.91 Å². The molecule has 3 aromatic carbocycles. The van der Waals surface area contributed by atoms with Gasteiger partial charge in [-0.1, -0.05) is 36.4 Å². The second kappa shape index (κ2) is 14.3. The van der Waals surface area contributed by atoms with Crippen molar-refractivity contribution in [2.75, 3.05) is 44.7 Å². The molecule has 2 aromatic heterocycles. The normalized spacial score (nSPS) is 18.4. The molecule has 51 heavy (non-hydrogen) atoms. The van der Waals surface area contributed by atoms with Crippen LogP contribution < -0.4 is 9.64 Å². The zero-order valence-corrected chi connectivity index (χ0v) is 28.4. The number of carbonyl (C=O) groups is 1. The lowest BCUT2D eigenvalue weighted by atomic mass is 9.96. The Morgan fingerprint density at radius 1 is 1.02 bits per heavy atom. The number of pyridine rings is 1. The summed E-state index contributed by atoms with van der Waals surface area (Å²) >= 11 is 0. The number of nitriles is 1. The van der Waals surface area contributed by atoms with Gasteiger partial charge in [-0.2, -0.15) is 15.2 Å². The number of benzene rings is 3. The number of piperazine rings is 1. The molecule has 0 saturated carbocycles. The monoisotopic (exact) mass is 689 g/mol. The van der Waals surface area contributed by atoms with Gasteiger partial charge in [0.1, 0.15) is 23.7 Å². The summed E-state index contributed by atoms with van der Waals surface area (Å²) < 4.78 is 38.3. The number of hydrogen-bond donors (Lipinski definition) is 1. The van der Waals surface area contributed by atoms with E-state index in [4.69, 9.17) is 9.72 Å². The maximum atomic E-state index is 16.8. The molecule has 7 rings (SSSR count). The molecule has 2 atom stereocenters. The highest BCUT2D eigenvalue weighted by Gasteiger charge is 2.34. The molecule has 0 aliphatic carbocycles. The number of aryl methyl sites for hydroxylation is 1. The van der Waals surface area contributed by atoms with Crippen LogP contribution in [-0.4, -0.2) is 87.7 Å². The van der Waals surface area contributed by atoms with Crippen LogP contribution in [0.15, 0.2) is 72.6 Å². The number of aromatic nitrogens is 3. The molecule has 1 N–H and O–H groups in total. The fraction of sp³-hybridized carbons (Fsp3) is 0.308. The number of phenols is 1. The SMILES string of the molecule is Cc1cccc(/C=C(\F)C(=O)N2CCN(c3nc(OC[C@@H]4CCCN4C)nc4c(F)c(-c5cc(O)cc6ccccc56)ccc34)CC2CC#N)n1. The Labute approximate surface area is 294 Å². The highest BCUT2D eigenvalue weighted by atomic mass is 19.1. The van der Waals surface area contributed by atoms with Gasteiger partial charge in [-0.05, 0) is 80.0 Å². The van der Waals surface area contributed by atoms with Crippen molar-refractivity contribution in [2.24, 2.45) is 0 Å². The van der Waals surface area contributed by atoms with Crippen molar-refractivity contribution in [1.82, 2.24) is 24.8 Å². The van der Waals surface area contributed by atoms with Crippen LogP contribution in [0.5, 0.6) is 11.8 Å². The molecule has 2 fully saturated rings. The Morgan fingerprint density at radius 3 is 2.65 bits per heavy atom. The molecule has 260 valence electrons. The summed E-state index contributed by atoms with van der Waals surface area (Å²) in [5.74, 6) is -2.01. The van der Waals surface area contributed by atoms with E-state index < -0.39 is 23.6 Å². The number of likely N-dealkylation sites (N-methyl/N-ethyl adjacent to an activating group) is 1. The van der Waals surface area contributed by atoms with Crippen molar-refractivity contribution in [3.05, 3.63) is 89.8 Å². The molecular formula is C39H37F2N7O3. The van der Waals surface area contributed by atoms with Crippen LogP contribution in [0.3, 0.4) is 0 Å². The molecule has 2 aliphatic heterocycles. The molecule has 10 nitrogen and oxygen atoms in total. The third-order valence-electron chi connectivity index (χ3n) is 9.74. The quantitative estimate of drug-likeness (QED) is 0.184. The van der Waals surface area contributed by atoms with Crippen LogP contribution in [-0.2, 0) is 4.79 Å². The molecule has 4 heterocycles. The second-order valence-corrected chi connectivity index (χ2v) is 13.1. The Balaban J connectivity index is 1.26. The number of carbonyl (C=O) groups excluding carboxylic acids is 1. The number of phenolic OH excluding ortho intramolecular Hbond substituents is 1. The van der Waals surface area contributed by atoms with E-state index in [9.17, 15) is 15.2 Å². The van der Waals surface area contributed by atoms with Gasteiger partial charge >= 0.3 is 6.01 Å². The minimum absolute atomic E-state index is 0.00425. The Morgan fingerprint density at radius 2 is 1.86 bits per heavy atom. The van der Waals surface area contributed by atoms with Crippen molar-refractivity contribution in [2.45, 2.75) is 38.3 Å². The molecule has 1 unspecified atom stereocenters. The fourth-order valence-corrected chi connectivity index (χ4v) is 7.09. The number of nitrogens with zero attached hydrogens (tertiary/aromatic N) is 7. The molecule has 0 bridgehead atoms. The highest BCUT2D eigenvalue weighted by Crippen LogP contribution is 2.38. The van der Waals surface area contributed by atoms with E-state index in [1.54, 1.807) is 43.3 Å². The topological polar surface area (TPSA) is 119 Å². The van der Waals surface area contributed by atoms with Crippen molar-refractivity contribution >= 4 is 39.5 Å². The van der Waals surface area contributed by atoms with Gasteiger partial charge in [0.05, 0.1) is 24.2 Å². The number of rotatable bonds is 8. The Hall–Kier alpha value is -5.67. The Kier molecular flexibility index (Phi) is 9.47. The van der Waals surface area contributed by atoms with Crippen molar-refractivity contribution in [3.8, 4) is 29.0 Å². The smallest absolute Gasteiger partial charge is 0.319 e. The van der Waals surface area contributed by atoms with Crippen LogP contribution in [0, 0.1) is 24.1 Å². The largest absolute Gasteiger partial charge is 0.508 e. The van der Waals surface area contributed by atoms with Crippen LogP contribution in [0.2, 0.25) is 0 Å². The minimum atomic E-state index is -0.974. The number of ether oxygens (including phenoxy) is 1. The van der Waals surface area contributed by atoms with Crippen molar-refractivity contribution in [1.29, 1.82) is 5.26 Å². The molecule has 0 spiro atoms. The summed E-state index contributed by atoms with van der Waals surface area (Å²) in [6, 6.07) is 20.7. The average molecular weight is 690 g/mol. The van der Waals surface area contributed by atoms with Gasteiger partial charge < -0.3 is 24.5 Å². The first-order chi connectivity index (χ1) is 24.7. The standard InChI is InChI=1S/C39H37F2N7O3/c1-24-7-5-9-26(43-24)20-34(40)38(50)48-18-17-47(22-27(48)14-15-42)37-32-13-12-31(33-21-29(49)19-25-8-3-4-11-30(25)33)35(41)36(32)44-39(45-37)51-23-28-10-6-16-46(28)2/h3-5,7-9,11-13,19-21,27-28,49H,6,10,14,16-18,22-23H2,1-2H3/b34-20-/t27?,28-/m0/s1. The van der Waals surface area contributed by atoms with Gasteiger partial charge in [0.15, 0.2) is 11.6 Å². The van der Waals surface area contributed by atoms with E-state index in [0.717, 1.165) is 36.2 Å². The summed E-state index contributed by atoms with van der Waals surface area (Å²) in [5.41, 5.74) is 1.81. The van der Waals surface area contributed by atoms with E-state index in [1.165, 1.54) is 11.0 Å². The Bertz CT molecular complexity index is 2200. The molecule has 1 amide bonds. The lowest BCUT2D eigenvalue weighted by Gasteiger charge is -2.41. The van der Waals surface area contributed by atoms with E-state index >= 15 is 8.78 Å². The van der Waals surface area contributed by atoms with Gasteiger partial charge in [0.2, 0.25) is 0 Å². The molecule has 2 saturated heterocycles. The predicted molar refractivity (Wildman–Crippen MR) is 191 cm³/mol. The first-order valence-electron chi connectivity index (χ1n) is 17.0. The van der Waals surface area contributed by atoms with E-state index in [0.29, 0.717) is 34.8 Å². The number of halogens is 2. The third-order valence-corrected chi connectivity index (χ3v) is 9.74. The van der Waals surface area contributed by atoms with E-state index in [2.05, 4.69) is 20.9 Å². The number of hydrogen-bond acceptors (Lipinski definition) is 9. The zero-order valence-electron chi connectivity index (χ0n) is 28.4. The first kappa shape index (κ1) is 33.8. The van der Waals surface area contributed by atoms with Crippen molar-refractivity contribution in [3.63, 3.8) is 0 Å². The molecule has 2 aliphatic rings. The van der Waals surface area contributed by atoms with Crippen LogP contribution in [0.1, 0.15) is 30.7 Å². The summed E-state index contributed by atoms with van der Waals surface area (Å²) in [5, 5.41) is 22.2. The summed E-state index contributed by atoms with van der Waals surface area (Å²) in [4.78, 5) is 32.4.